The first kappa shape index (κ1) is 32.2. The first-order valence-corrected chi connectivity index (χ1v) is 13.7. The van der Waals surface area contributed by atoms with Crippen LogP contribution >= 0.6 is 11.6 Å². The summed E-state index contributed by atoms with van der Waals surface area (Å²) in [6.07, 6.45) is -0.310. The normalized spacial score (nSPS) is 13.4. The molecule has 0 aliphatic carbocycles. The van der Waals surface area contributed by atoms with Crippen LogP contribution in [0, 0.1) is 19.8 Å². The maximum atomic E-state index is 14.4. The molecule has 2 rings (SSSR count). The van der Waals surface area contributed by atoms with E-state index >= 15 is 0 Å². The van der Waals surface area contributed by atoms with Crippen molar-refractivity contribution in [1.29, 1.82) is 0 Å². The predicted octanol–water partition coefficient (Wildman–Crippen LogP) is 7.20. The molecule has 8 heteroatoms. The number of ether oxygens (including phenoxy) is 1. The first-order valence-electron chi connectivity index (χ1n) is 13.4. The van der Waals surface area contributed by atoms with Crippen LogP contribution < -0.4 is 10.6 Å². The Bertz CT molecular complexity index is 1160. The maximum absolute atomic E-state index is 14.4. The van der Waals surface area contributed by atoms with E-state index in [0.717, 1.165) is 11.1 Å². The average Bonchev–Trinajstić information content (AvgIpc) is 2.77. The Hall–Kier alpha value is -3.06. The number of carbonyl (C=O) groups excluding carboxylic acids is 3. The number of rotatable bonds is 8. The van der Waals surface area contributed by atoms with Crippen molar-refractivity contribution in [2.45, 2.75) is 98.9 Å². The quantitative estimate of drug-likeness (QED) is 0.359. The maximum Gasteiger partial charge on any atom is 0.408 e. The first-order chi connectivity index (χ1) is 17.9. The number of nitrogens with zero attached hydrogens (tertiary/aromatic N) is 1. The topological polar surface area (TPSA) is 87.7 Å². The van der Waals surface area contributed by atoms with Crippen LogP contribution in [-0.2, 0) is 14.3 Å². The Morgan fingerprint density at radius 1 is 0.923 bits per heavy atom. The molecule has 214 valence electrons. The van der Waals surface area contributed by atoms with Gasteiger partial charge >= 0.3 is 6.09 Å². The Labute approximate surface area is 238 Å². The van der Waals surface area contributed by atoms with Crippen molar-refractivity contribution in [3.8, 4) is 0 Å². The van der Waals surface area contributed by atoms with Crippen molar-refractivity contribution in [3.63, 3.8) is 0 Å². The molecule has 0 aliphatic heterocycles. The van der Waals surface area contributed by atoms with Crippen molar-refractivity contribution < 1.29 is 19.1 Å². The predicted molar refractivity (Wildman–Crippen MR) is 158 cm³/mol. The second kappa shape index (κ2) is 12.9. The molecule has 0 fully saturated rings. The zero-order chi connectivity index (χ0) is 29.7. The monoisotopic (exact) mass is 557 g/mol. The van der Waals surface area contributed by atoms with E-state index in [4.69, 9.17) is 16.3 Å². The highest BCUT2D eigenvalue weighted by molar-refractivity contribution is 6.34. The summed E-state index contributed by atoms with van der Waals surface area (Å²) >= 11 is 6.45. The van der Waals surface area contributed by atoms with Gasteiger partial charge in [-0.3, -0.25) is 9.59 Å². The minimum atomic E-state index is -0.996. The Morgan fingerprint density at radius 2 is 1.51 bits per heavy atom. The molecule has 2 unspecified atom stereocenters. The van der Waals surface area contributed by atoms with Crippen molar-refractivity contribution in [1.82, 2.24) is 10.2 Å². The SMILES string of the molecule is Cc1ccccc1C(C(=O)Nc1c(C)cccc1Cl)N(C(=O)C(CC(C)C)NC(=O)OC(C)(C)C)C(C)(C)C. The number of anilines is 1. The van der Waals surface area contributed by atoms with Gasteiger partial charge in [0.1, 0.15) is 17.7 Å². The number of halogens is 1. The van der Waals surface area contributed by atoms with Gasteiger partial charge in [0.15, 0.2) is 0 Å². The van der Waals surface area contributed by atoms with E-state index in [1.165, 1.54) is 0 Å². The fraction of sp³-hybridized carbons (Fsp3) is 0.516. The lowest BCUT2D eigenvalue weighted by atomic mass is 9.91. The van der Waals surface area contributed by atoms with E-state index in [9.17, 15) is 14.4 Å². The molecule has 0 aromatic heterocycles. The summed E-state index contributed by atoms with van der Waals surface area (Å²) in [5, 5.41) is 6.17. The number of amides is 3. The van der Waals surface area contributed by atoms with Gasteiger partial charge in [-0.05, 0) is 90.5 Å². The summed E-state index contributed by atoms with van der Waals surface area (Å²) in [5.41, 5.74) is 1.32. The molecule has 0 heterocycles. The summed E-state index contributed by atoms with van der Waals surface area (Å²) in [6.45, 7) is 18.7. The molecule has 0 bridgehead atoms. The second-order valence-electron chi connectivity index (χ2n) is 12.4. The highest BCUT2D eigenvalue weighted by Gasteiger charge is 2.42. The Morgan fingerprint density at radius 3 is 2.03 bits per heavy atom. The van der Waals surface area contributed by atoms with Gasteiger partial charge in [0.2, 0.25) is 5.91 Å². The van der Waals surface area contributed by atoms with Crippen LogP contribution in [0.1, 0.15) is 84.5 Å². The second-order valence-corrected chi connectivity index (χ2v) is 12.8. The summed E-state index contributed by atoms with van der Waals surface area (Å²) in [5.74, 6) is -0.682. The van der Waals surface area contributed by atoms with Crippen LogP contribution in [0.25, 0.3) is 0 Å². The van der Waals surface area contributed by atoms with Crippen molar-refractivity contribution >= 4 is 35.2 Å². The summed E-state index contributed by atoms with van der Waals surface area (Å²) in [4.78, 5) is 42.9. The minimum Gasteiger partial charge on any atom is -0.444 e. The number of aryl methyl sites for hydroxylation is 2. The molecule has 2 aromatic rings. The number of para-hydroxylation sites is 1. The van der Waals surface area contributed by atoms with Gasteiger partial charge in [-0.15, -0.1) is 0 Å². The summed E-state index contributed by atoms with van der Waals surface area (Å²) in [6, 6.07) is 11.0. The minimum absolute atomic E-state index is 0.0900. The highest BCUT2D eigenvalue weighted by Crippen LogP contribution is 2.34. The van der Waals surface area contributed by atoms with E-state index in [-0.39, 0.29) is 11.8 Å². The van der Waals surface area contributed by atoms with E-state index in [2.05, 4.69) is 10.6 Å². The van der Waals surface area contributed by atoms with Crippen LogP contribution in [0.2, 0.25) is 5.02 Å². The molecular formula is C31H44ClN3O4. The lowest BCUT2D eigenvalue weighted by molar-refractivity contribution is -0.147. The van der Waals surface area contributed by atoms with E-state index < -0.39 is 35.2 Å². The molecule has 2 aromatic carbocycles. The zero-order valence-corrected chi connectivity index (χ0v) is 25.7. The van der Waals surface area contributed by atoms with Crippen LogP contribution in [-0.4, -0.2) is 40.0 Å². The van der Waals surface area contributed by atoms with E-state index in [0.29, 0.717) is 22.7 Å². The lowest BCUT2D eigenvalue weighted by Gasteiger charge is -2.43. The molecule has 0 saturated heterocycles. The van der Waals surface area contributed by atoms with Crippen LogP contribution in [0.5, 0.6) is 0 Å². The van der Waals surface area contributed by atoms with Crippen molar-refractivity contribution in [3.05, 3.63) is 64.2 Å². The molecule has 0 spiro atoms. The molecule has 2 N–H and O–H groups in total. The Kier molecular flexibility index (Phi) is 10.6. The van der Waals surface area contributed by atoms with Crippen LogP contribution in [0.4, 0.5) is 10.5 Å². The molecule has 39 heavy (non-hydrogen) atoms. The fourth-order valence-electron chi connectivity index (χ4n) is 4.43. The smallest absolute Gasteiger partial charge is 0.408 e. The van der Waals surface area contributed by atoms with Crippen molar-refractivity contribution in [2.24, 2.45) is 5.92 Å². The molecule has 7 nitrogen and oxygen atoms in total. The third-order valence-corrected chi connectivity index (χ3v) is 6.43. The van der Waals surface area contributed by atoms with Gasteiger partial charge in [-0.25, -0.2) is 4.79 Å². The van der Waals surface area contributed by atoms with E-state index in [1.807, 2.05) is 84.9 Å². The standard InChI is InChI=1S/C31H44ClN3O4/c1-19(2)18-24(33-29(38)39-31(8,9)10)28(37)35(30(5,6)7)26(22-16-12-11-14-20(22)3)27(36)34-25-21(4)15-13-17-23(25)32/h11-17,19,24,26H,18H2,1-10H3,(H,33,38)(H,34,36). The molecular weight excluding hydrogens is 514 g/mol. The summed E-state index contributed by atoms with van der Waals surface area (Å²) in [7, 11) is 0. The number of nitrogens with one attached hydrogen (secondary N) is 2. The summed E-state index contributed by atoms with van der Waals surface area (Å²) < 4.78 is 5.47. The third-order valence-electron chi connectivity index (χ3n) is 6.12. The van der Waals surface area contributed by atoms with Gasteiger partial charge in [0.05, 0.1) is 10.7 Å². The number of hydrogen-bond donors (Lipinski definition) is 2. The van der Waals surface area contributed by atoms with Gasteiger partial charge in [-0.2, -0.15) is 0 Å². The third kappa shape index (κ3) is 8.99. The van der Waals surface area contributed by atoms with Gasteiger partial charge < -0.3 is 20.3 Å². The number of alkyl carbamates (subject to hydrolysis) is 1. The largest absolute Gasteiger partial charge is 0.444 e. The molecule has 3 amide bonds. The van der Waals surface area contributed by atoms with Crippen LogP contribution in [0.3, 0.4) is 0 Å². The molecule has 2 atom stereocenters. The number of carbonyl (C=O) groups is 3. The van der Waals surface area contributed by atoms with E-state index in [1.54, 1.807) is 31.7 Å². The zero-order valence-electron chi connectivity index (χ0n) is 24.9. The fourth-order valence-corrected chi connectivity index (χ4v) is 4.70. The molecule has 0 radical (unpaired) electrons. The van der Waals surface area contributed by atoms with Gasteiger partial charge in [0.25, 0.3) is 5.91 Å². The van der Waals surface area contributed by atoms with Crippen molar-refractivity contribution in [2.75, 3.05) is 5.32 Å². The van der Waals surface area contributed by atoms with Gasteiger partial charge in [-0.1, -0.05) is 61.8 Å². The lowest BCUT2D eigenvalue weighted by Crippen LogP contribution is -2.58. The number of benzene rings is 2. The van der Waals surface area contributed by atoms with Crippen LogP contribution in [0.15, 0.2) is 42.5 Å². The molecule has 0 aliphatic rings. The number of hydrogen-bond acceptors (Lipinski definition) is 4. The average molecular weight is 558 g/mol. The van der Waals surface area contributed by atoms with Gasteiger partial charge in [0, 0.05) is 5.54 Å². The molecule has 0 saturated carbocycles. The Balaban J connectivity index is 2.65. The highest BCUT2D eigenvalue weighted by atomic mass is 35.5.